The van der Waals surface area contributed by atoms with Crippen LogP contribution >= 0.6 is 11.6 Å². The van der Waals surface area contributed by atoms with Gasteiger partial charge in [-0.2, -0.15) is 4.31 Å². The van der Waals surface area contributed by atoms with Crippen LogP contribution in [0.4, 0.5) is 0 Å². The maximum absolute atomic E-state index is 12.6. The number of carbonyl (C=O) groups is 1. The first-order chi connectivity index (χ1) is 13.5. The second-order valence-electron chi connectivity index (χ2n) is 6.48. The van der Waals surface area contributed by atoms with Crippen LogP contribution in [0.25, 0.3) is 0 Å². The van der Waals surface area contributed by atoms with Crippen molar-refractivity contribution in [3.05, 3.63) is 59.6 Å². The van der Waals surface area contributed by atoms with E-state index < -0.39 is 10.0 Å². The molecule has 28 heavy (non-hydrogen) atoms. The quantitative estimate of drug-likeness (QED) is 0.643. The number of halogens is 1. The van der Waals surface area contributed by atoms with E-state index in [9.17, 15) is 13.2 Å². The molecular weight excluding hydrogens is 400 g/mol. The summed E-state index contributed by atoms with van der Waals surface area (Å²) in [4.78, 5) is 14.4. The minimum absolute atomic E-state index is 0.0134. The van der Waals surface area contributed by atoms with Gasteiger partial charge in [0.25, 0.3) is 0 Å². The maximum Gasteiger partial charge on any atom is 0.243 e. The van der Waals surface area contributed by atoms with Crippen molar-refractivity contribution < 1.29 is 17.9 Å². The zero-order chi connectivity index (χ0) is 20.0. The predicted molar refractivity (Wildman–Crippen MR) is 108 cm³/mol. The highest BCUT2D eigenvalue weighted by Gasteiger charge is 2.29. The highest BCUT2D eigenvalue weighted by Crippen LogP contribution is 2.23. The van der Waals surface area contributed by atoms with E-state index in [2.05, 4.69) is 0 Å². The fourth-order valence-corrected chi connectivity index (χ4v) is 4.68. The molecule has 150 valence electrons. The van der Waals surface area contributed by atoms with Gasteiger partial charge in [0.15, 0.2) is 0 Å². The Balaban J connectivity index is 1.43. The van der Waals surface area contributed by atoms with Gasteiger partial charge in [-0.25, -0.2) is 8.42 Å². The Bertz CT molecular complexity index is 897. The Morgan fingerprint density at radius 1 is 0.964 bits per heavy atom. The summed E-state index contributed by atoms with van der Waals surface area (Å²) in [6.45, 7) is 1.81. The summed E-state index contributed by atoms with van der Waals surface area (Å²) in [7, 11) is -3.50. The topological polar surface area (TPSA) is 66.9 Å². The molecule has 0 aromatic heterocycles. The average molecular weight is 423 g/mol. The van der Waals surface area contributed by atoms with Crippen molar-refractivity contribution in [3.8, 4) is 5.75 Å². The van der Waals surface area contributed by atoms with Gasteiger partial charge in [-0.05, 0) is 30.7 Å². The fraction of sp³-hybridized carbons (Fsp3) is 0.350. The molecule has 1 aliphatic heterocycles. The summed E-state index contributed by atoms with van der Waals surface area (Å²) in [6, 6.07) is 15.6. The van der Waals surface area contributed by atoms with Crippen LogP contribution in [0.2, 0.25) is 5.02 Å². The lowest BCUT2D eigenvalue weighted by Crippen LogP contribution is -2.50. The van der Waals surface area contributed by atoms with Crippen molar-refractivity contribution >= 4 is 27.5 Å². The fourth-order valence-electron chi connectivity index (χ4n) is 3.04. The zero-order valence-corrected chi connectivity index (χ0v) is 17.0. The largest absolute Gasteiger partial charge is 0.492 e. The van der Waals surface area contributed by atoms with Gasteiger partial charge in [0.2, 0.25) is 15.9 Å². The van der Waals surface area contributed by atoms with E-state index in [-0.39, 0.29) is 10.8 Å². The Hall–Kier alpha value is -2.09. The molecule has 1 amide bonds. The minimum Gasteiger partial charge on any atom is -0.492 e. The summed E-state index contributed by atoms with van der Waals surface area (Å²) in [5.74, 6) is 0.621. The van der Waals surface area contributed by atoms with Crippen LogP contribution in [-0.4, -0.2) is 56.3 Å². The third-order valence-electron chi connectivity index (χ3n) is 4.60. The number of carbonyl (C=O) groups excluding carboxylic acids is 1. The molecule has 0 unspecified atom stereocenters. The lowest BCUT2D eigenvalue weighted by Gasteiger charge is -2.34. The lowest BCUT2D eigenvalue weighted by molar-refractivity contribution is -0.132. The van der Waals surface area contributed by atoms with Gasteiger partial charge in [0.05, 0.1) is 16.5 Å². The number of benzene rings is 2. The highest BCUT2D eigenvalue weighted by atomic mass is 35.5. The molecule has 3 rings (SSSR count). The second-order valence-corrected chi connectivity index (χ2v) is 8.83. The van der Waals surface area contributed by atoms with Crippen LogP contribution in [-0.2, 0) is 14.8 Å². The van der Waals surface area contributed by atoms with Crippen molar-refractivity contribution in [2.24, 2.45) is 0 Å². The van der Waals surface area contributed by atoms with E-state index >= 15 is 0 Å². The maximum atomic E-state index is 12.6. The molecule has 1 heterocycles. The van der Waals surface area contributed by atoms with E-state index in [1.807, 2.05) is 12.1 Å². The normalized spacial score (nSPS) is 15.4. The molecule has 0 radical (unpaired) electrons. The van der Waals surface area contributed by atoms with Gasteiger partial charge in [-0.15, -0.1) is 0 Å². The smallest absolute Gasteiger partial charge is 0.243 e. The van der Waals surface area contributed by atoms with Crippen molar-refractivity contribution in [2.45, 2.75) is 17.7 Å². The van der Waals surface area contributed by atoms with Gasteiger partial charge in [-0.3, -0.25) is 4.79 Å². The molecule has 0 aliphatic carbocycles. The number of ether oxygens (including phenoxy) is 1. The number of rotatable bonds is 7. The third-order valence-corrected chi connectivity index (χ3v) is 6.83. The third kappa shape index (κ3) is 5.04. The molecule has 2 aromatic carbocycles. The first kappa shape index (κ1) is 20.6. The lowest BCUT2D eigenvalue weighted by atomic mass is 10.2. The standard InChI is InChI=1S/C20H23ClN2O4S/c21-18-9-4-5-10-19(18)27-16-6-11-20(24)22-12-14-23(15-13-22)28(25,26)17-7-2-1-3-8-17/h1-5,7-10H,6,11-16H2. The Morgan fingerprint density at radius 3 is 2.29 bits per heavy atom. The molecule has 1 aliphatic rings. The van der Waals surface area contributed by atoms with Gasteiger partial charge in [-0.1, -0.05) is 41.9 Å². The SMILES string of the molecule is O=C(CCCOc1ccccc1Cl)N1CCN(S(=O)(=O)c2ccccc2)CC1. The molecule has 6 nitrogen and oxygen atoms in total. The molecular formula is C20H23ClN2O4S. The van der Waals surface area contributed by atoms with Crippen molar-refractivity contribution in [1.29, 1.82) is 0 Å². The number of hydrogen-bond donors (Lipinski definition) is 0. The molecule has 0 atom stereocenters. The molecule has 0 spiro atoms. The Kier molecular flexibility index (Phi) is 6.93. The van der Waals surface area contributed by atoms with Crippen LogP contribution in [0.5, 0.6) is 5.75 Å². The van der Waals surface area contributed by atoms with Gasteiger partial charge < -0.3 is 9.64 Å². The molecule has 0 bridgehead atoms. The predicted octanol–water partition coefficient (Wildman–Crippen LogP) is 3.03. The molecule has 0 N–H and O–H groups in total. The van der Waals surface area contributed by atoms with Crippen molar-refractivity contribution in [3.63, 3.8) is 0 Å². The Labute approximate surface area is 170 Å². The monoisotopic (exact) mass is 422 g/mol. The second kappa shape index (κ2) is 9.41. The van der Waals surface area contributed by atoms with E-state index in [4.69, 9.17) is 16.3 Å². The van der Waals surface area contributed by atoms with Crippen molar-refractivity contribution in [1.82, 2.24) is 9.21 Å². The average Bonchev–Trinajstić information content (AvgIpc) is 2.73. The first-order valence-electron chi connectivity index (χ1n) is 9.19. The number of amides is 1. The molecule has 0 saturated carbocycles. The van der Waals surface area contributed by atoms with Crippen LogP contribution < -0.4 is 4.74 Å². The molecule has 1 saturated heterocycles. The van der Waals surface area contributed by atoms with E-state index in [1.165, 1.54) is 4.31 Å². The number of sulfonamides is 1. The molecule has 8 heteroatoms. The number of para-hydroxylation sites is 1. The molecule has 2 aromatic rings. The summed E-state index contributed by atoms with van der Waals surface area (Å²) in [6.07, 6.45) is 0.933. The number of nitrogens with zero attached hydrogens (tertiary/aromatic N) is 2. The first-order valence-corrected chi connectivity index (χ1v) is 11.0. The van der Waals surface area contributed by atoms with Crippen LogP contribution in [0.1, 0.15) is 12.8 Å². The van der Waals surface area contributed by atoms with Gasteiger partial charge in [0, 0.05) is 32.6 Å². The minimum atomic E-state index is -3.50. The zero-order valence-electron chi connectivity index (χ0n) is 15.5. The summed E-state index contributed by atoms with van der Waals surface area (Å²) in [5.41, 5.74) is 0. The highest BCUT2D eigenvalue weighted by molar-refractivity contribution is 7.89. The number of piperazine rings is 1. The summed E-state index contributed by atoms with van der Waals surface area (Å²) >= 11 is 6.03. The van der Waals surface area contributed by atoms with Gasteiger partial charge >= 0.3 is 0 Å². The van der Waals surface area contributed by atoms with E-state index in [1.54, 1.807) is 47.4 Å². The Morgan fingerprint density at radius 2 is 1.61 bits per heavy atom. The van der Waals surface area contributed by atoms with Crippen molar-refractivity contribution in [2.75, 3.05) is 32.8 Å². The van der Waals surface area contributed by atoms with Crippen LogP contribution in [0.15, 0.2) is 59.5 Å². The van der Waals surface area contributed by atoms with Crippen LogP contribution in [0.3, 0.4) is 0 Å². The van der Waals surface area contributed by atoms with E-state index in [0.717, 1.165) is 0 Å². The number of hydrogen-bond acceptors (Lipinski definition) is 4. The summed E-state index contributed by atoms with van der Waals surface area (Å²) in [5, 5.41) is 0.546. The van der Waals surface area contributed by atoms with Gasteiger partial charge in [0.1, 0.15) is 5.75 Å². The van der Waals surface area contributed by atoms with E-state index in [0.29, 0.717) is 56.4 Å². The van der Waals surface area contributed by atoms with Crippen LogP contribution in [0, 0.1) is 0 Å². The molecule has 1 fully saturated rings. The summed E-state index contributed by atoms with van der Waals surface area (Å²) < 4.78 is 32.3.